The van der Waals surface area contributed by atoms with Gasteiger partial charge >= 0.3 is 0 Å². The number of phenols is 1. The molecule has 0 saturated heterocycles. The Kier molecular flexibility index (Phi) is 6.78. The van der Waals surface area contributed by atoms with Gasteiger partial charge in [-0.2, -0.15) is 0 Å². The molecule has 0 spiro atoms. The summed E-state index contributed by atoms with van der Waals surface area (Å²) in [6, 6.07) is 20.7. The van der Waals surface area contributed by atoms with E-state index in [-0.39, 0.29) is 17.1 Å². The van der Waals surface area contributed by atoms with Gasteiger partial charge in [0.15, 0.2) is 5.78 Å². The SMILES string of the molecule is Cc1ccc(-c2sc3cc(O)ccc3c2C(=O)c2ccc(OCCN(C)C(C)(C)C)cc2)cc1. The number of fused-ring (bicyclic) bond motifs is 1. The van der Waals surface area contributed by atoms with Gasteiger partial charge in [-0.1, -0.05) is 29.8 Å². The molecule has 0 aliphatic rings. The topological polar surface area (TPSA) is 49.8 Å². The van der Waals surface area contributed by atoms with E-state index in [4.69, 9.17) is 4.74 Å². The van der Waals surface area contributed by atoms with Crippen molar-refractivity contribution < 1.29 is 14.6 Å². The standard InChI is InChI=1S/C29H31NO3S/c1-19-6-8-21(9-7-19)28-26(24-15-12-22(31)18-25(24)34-28)27(32)20-10-13-23(14-11-20)33-17-16-30(5)29(2,3)4/h6-15,18,31H,16-17H2,1-5H3. The number of ketones is 1. The van der Waals surface area contributed by atoms with Crippen molar-refractivity contribution in [2.24, 2.45) is 0 Å². The summed E-state index contributed by atoms with van der Waals surface area (Å²) in [6.07, 6.45) is 0. The molecule has 0 amide bonds. The van der Waals surface area contributed by atoms with E-state index in [2.05, 4.69) is 44.9 Å². The number of hydrogen-bond donors (Lipinski definition) is 1. The van der Waals surface area contributed by atoms with Gasteiger partial charge < -0.3 is 9.84 Å². The average molecular weight is 474 g/mol. The fourth-order valence-corrected chi connectivity index (χ4v) is 4.94. The zero-order valence-electron chi connectivity index (χ0n) is 20.4. The second-order valence-corrected chi connectivity index (χ2v) is 10.7. The second-order valence-electron chi connectivity index (χ2n) is 9.65. The van der Waals surface area contributed by atoms with Crippen LogP contribution in [0.1, 0.15) is 42.3 Å². The van der Waals surface area contributed by atoms with Crippen molar-refractivity contribution in [3.63, 3.8) is 0 Å². The van der Waals surface area contributed by atoms with Gasteiger partial charge in [-0.3, -0.25) is 9.69 Å². The van der Waals surface area contributed by atoms with Gasteiger partial charge in [-0.15, -0.1) is 11.3 Å². The van der Waals surface area contributed by atoms with E-state index in [1.807, 2.05) is 49.4 Å². The van der Waals surface area contributed by atoms with Crippen LogP contribution < -0.4 is 4.74 Å². The lowest BCUT2D eigenvalue weighted by molar-refractivity contribution is 0.104. The first-order chi connectivity index (χ1) is 16.1. The summed E-state index contributed by atoms with van der Waals surface area (Å²) in [7, 11) is 2.08. The quantitative estimate of drug-likeness (QED) is 0.296. The van der Waals surface area contributed by atoms with Gasteiger partial charge in [0, 0.05) is 38.2 Å². The van der Waals surface area contributed by atoms with E-state index < -0.39 is 0 Å². The molecule has 0 aliphatic carbocycles. The van der Waals surface area contributed by atoms with Crippen LogP contribution in [0.5, 0.6) is 11.5 Å². The van der Waals surface area contributed by atoms with Crippen LogP contribution in [0, 0.1) is 6.92 Å². The Balaban J connectivity index is 1.61. The number of likely N-dealkylation sites (N-methyl/N-ethyl adjacent to an activating group) is 1. The number of rotatable bonds is 7. The zero-order chi connectivity index (χ0) is 24.5. The highest BCUT2D eigenvalue weighted by molar-refractivity contribution is 7.22. The Bertz CT molecular complexity index is 1300. The van der Waals surface area contributed by atoms with Gasteiger partial charge in [0.05, 0.1) is 0 Å². The Morgan fingerprint density at radius 2 is 1.68 bits per heavy atom. The molecule has 176 valence electrons. The summed E-state index contributed by atoms with van der Waals surface area (Å²) in [6.45, 7) is 9.97. The molecule has 0 bridgehead atoms. The molecular formula is C29H31NO3S. The lowest BCUT2D eigenvalue weighted by atomic mass is 9.97. The fraction of sp³-hybridized carbons (Fsp3) is 0.276. The maximum atomic E-state index is 13.7. The predicted octanol–water partition coefficient (Wildman–Crippen LogP) is 6.92. The summed E-state index contributed by atoms with van der Waals surface area (Å²) in [5.74, 6) is 0.908. The van der Waals surface area contributed by atoms with Gasteiger partial charge in [0.25, 0.3) is 0 Å². The lowest BCUT2D eigenvalue weighted by Gasteiger charge is -2.31. The van der Waals surface area contributed by atoms with Crippen molar-refractivity contribution in [3.05, 3.63) is 83.4 Å². The molecule has 1 aromatic heterocycles. The van der Waals surface area contributed by atoms with E-state index in [0.29, 0.717) is 17.7 Å². The summed E-state index contributed by atoms with van der Waals surface area (Å²) < 4.78 is 6.80. The summed E-state index contributed by atoms with van der Waals surface area (Å²) in [5.41, 5.74) is 3.54. The first kappa shape index (κ1) is 24.0. The van der Waals surface area contributed by atoms with E-state index in [1.165, 1.54) is 16.9 Å². The van der Waals surface area contributed by atoms with Gasteiger partial charge in [0.1, 0.15) is 18.1 Å². The van der Waals surface area contributed by atoms with E-state index in [1.54, 1.807) is 12.1 Å². The number of aromatic hydroxyl groups is 1. The molecule has 1 heterocycles. The monoisotopic (exact) mass is 473 g/mol. The molecular weight excluding hydrogens is 442 g/mol. The number of ether oxygens (including phenoxy) is 1. The van der Waals surface area contributed by atoms with Crippen molar-refractivity contribution in [1.82, 2.24) is 4.90 Å². The molecule has 1 N–H and O–H groups in total. The van der Waals surface area contributed by atoms with E-state index in [9.17, 15) is 9.90 Å². The third-order valence-corrected chi connectivity index (χ3v) is 7.37. The maximum absolute atomic E-state index is 13.7. The van der Waals surface area contributed by atoms with Crippen LogP contribution in [0.4, 0.5) is 0 Å². The van der Waals surface area contributed by atoms with Crippen LogP contribution in [0.15, 0.2) is 66.7 Å². The highest BCUT2D eigenvalue weighted by Gasteiger charge is 2.22. The highest BCUT2D eigenvalue weighted by Crippen LogP contribution is 2.41. The van der Waals surface area contributed by atoms with Crippen LogP contribution in [-0.2, 0) is 0 Å². The first-order valence-corrected chi connectivity index (χ1v) is 12.3. The minimum absolute atomic E-state index is 0.0356. The summed E-state index contributed by atoms with van der Waals surface area (Å²) >= 11 is 1.53. The fourth-order valence-electron chi connectivity index (χ4n) is 3.70. The molecule has 0 fully saturated rings. The molecule has 4 aromatic rings. The number of carbonyl (C=O) groups excluding carboxylic acids is 1. The Hall–Kier alpha value is -3.15. The molecule has 4 rings (SSSR count). The number of nitrogens with zero attached hydrogens (tertiary/aromatic N) is 1. The van der Waals surface area contributed by atoms with Crippen LogP contribution in [0.3, 0.4) is 0 Å². The summed E-state index contributed by atoms with van der Waals surface area (Å²) in [5, 5.41) is 10.8. The molecule has 3 aromatic carbocycles. The number of thiophene rings is 1. The number of phenolic OH excluding ortho intramolecular Hbond substituents is 1. The van der Waals surface area contributed by atoms with E-state index in [0.717, 1.165) is 32.8 Å². The largest absolute Gasteiger partial charge is 0.508 e. The minimum Gasteiger partial charge on any atom is -0.508 e. The molecule has 34 heavy (non-hydrogen) atoms. The number of benzene rings is 3. The van der Waals surface area contributed by atoms with Gasteiger partial charge in [0.2, 0.25) is 0 Å². The smallest absolute Gasteiger partial charge is 0.195 e. The molecule has 0 aliphatic heterocycles. The van der Waals surface area contributed by atoms with E-state index >= 15 is 0 Å². The minimum atomic E-state index is -0.0356. The third kappa shape index (κ3) is 5.16. The highest BCUT2D eigenvalue weighted by atomic mass is 32.1. The lowest BCUT2D eigenvalue weighted by Crippen LogP contribution is -2.40. The third-order valence-electron chi connectivity index (χ3n) is 6.17. The van der Waals surface area contributed by atoms with Crippen molar-refractivity contribution in [3.8, 4) is 21.9 Å². The normalized spacial score (nSPS) is 11.8. The number of aryl methyl sites for hydroxylation is 1. The molecule has 5 heteroatoms. The van der Waals surface area contributed by atoms with Gasteiger partial charge in [-0.25, -0.2) is 0 Å². The first-order valence-electron chi connectivity index (χ1n) is 11.4. The Morgan fingerprint density at radius 1 is 1.00 bits per heavy atom. The Labute approximate surface area is 205 Å². The van der Waals surface area contributed by atoms with Crippen molar-refractivity contribution in [1.29, 1.82) is 0 Å². The van der Waals surface area contributed by atoms with Crippen LogP contribution in [0.2, 0.25) is 0 Å². The molecule has 0 atom stereocenters. The second kappa shape index (κ2) is 9.61. The molecule has 4 nitrogen and oxygen atoms in total. The number of hydrogen-bond acceptors (Lipinski definition) is 5. The Morgan fingerprint density at radius 3 is 2.32 bits per heavy atom. The van der Waals surface area contributed by atoms with Crippen molar-refractivity contribution >= 4 is 27.2 Å². The molecule has 0 radical (unpaired) electrons. The maximum Gasteiger partial charge on any atom is 0.195 e. The molecule has 0 unspecified atom stereocenters. The van der Waals surface area contributed by atoms with Crippen molar-refractivity contribution in [2.45, 2.75) is 33.2 Å². The zero-order valence-corrected chi connectivity index (χ0v) is 21.2. The van der Waals surface area contributed by atoms with Crippen LogP contribution in [0.25, 0.3) is 20.5 Å². The van der Waals surface area contributed by atoms with Crippen LogP contribution in [-0.4, -0.2) is 41.5 Å². The van der Waals surface area contributed by atoms with Gasteiger partial charge in [-0.05, 0) is 82.8 Å². The van der Waals surface area contributed by atoms with Crippen LogP contribution >= 0.6 is 11.3 Å². The van der Waals surface area contributed by atoms with Crippen molar-refractivity contribution in [2.75, 3.05) is 20.2 Å². The average Bonchev–Trinajstić information content (AvgIpc) is 3.17. The number of carbonyl (C=O) groups is 1. The predicted molar refractivity (Wildman–Crippen MR) is 141 cm³/mol. The molecule has 0 saturated carbocycles. The summed E-state index contributed by atoms with van der Waals surface area (Å²) in [4.78, 5) is 16.8.